The van der Waals surface area contributed by atoms with Crippen molar-refractivity contribution in [3.05, 3.63) is 24.3 Å². The first-order valence-corrected chi connectivity index (χ1v) is 9.44. The minimum atomic E-state index is -0.0163. The molecule has 6 nitrogen and oxygen atoms in total. The van der Waals surface area contributed by atoms with Crippen LogP contribution in [0.15, 0.2) is 29.3 Å². The molecule has 146 valence electrons. The first kappa shape index (κ1) is 21.1. The van der Waals surface area contributed by atoms with Gasteiger partial charge in [-0.1, -0.05) is 19.1 Å². The van der Waals surface area contributed by atoms with E-state index in [0.29, 0.717) is 19.2 Å². The third-order valence-corrected chi connectivity index (χ3v) is 4.77. The van der Waals surface area contributed by atoms with E-state index >= 15 is 0 Å². The molecule has 7 heteroatoms. The number of nitrogens with one attached hydrogen (secondary N) is 2. The van der Waals surface area contributed by atoms with E-state index in [4.69, 9.17) is 14.5 Å². The Morgan fingerprint density at radius 2 is 2.04 bits per heavy atom. The van der Waals surface area contributed by atoms with Crippen molar-refractivity contribution < 1.29 is 9.47 Å². The lowest BCUT2D eigenvalue weighted by Gasteiger charge is -2.27. The van der Waals surface area contributed by atoms with Crippen molar-refractivity contribution in [3.63, 3.8) is 0 Å². The fourth-order valence-corrected chi connectivity index (χ4v) is 3.43. The zero-order chi connectivity index (χ0) is 17.5. The predicted molar refractivity (Wildman–Crippen MR) is 116 cm³/mol. The smallest absolute Gasteiger partial charge is 0.191 e. The molecule has 2 aliphatic heterocycles. The van der Waals surface area contributed by atoms with E-state index in [-0.39, 0.29) is 30.1 Å². The van der Waals surface area contributed by atoms with Gasteiger partial charge in [-0.2, -0.15) is 0 Å². The second-order valence-corrected chi connectivity index (χ2v) is 6.52. The summed E-state index contributed by atoms with van der Waals surface area (Å²) in [6.45, 7) is 9.53. The van der Waals surface area contributed by atoms with Crippen molar-refractivity contribution in [1.29, 1.82) is 0 Å². The summed E-state index contributed by atoms with van der Waals surface area (Å²) >= 11 is 0. The lowest BCUT2D eigenvalue weighted by atomic mass is 10.2. The number of guanidine groups is 1. The molecule has 0 amide bonds. The maximum atomic E-state index is 5.99. The van der Waals surface area contributed by atoms with Crippen molar-refractivity contribution in [3.8, 4) is 11.5 Å². The molecule has 0 radical (unpaired) electrons. The molecule has 3 rings (SSSR count). The SMILES string of the molecule is CCNC(=NCC1CCCN1CC)NCC1COc2ccccc2O1.I. The van der Waals surface area contributed by atoms with Crippen molar-refractivity contribution in [2.24, 2.45) is 4.99 Å². The lowest BCUT2D eigenvalue weighted by Crippen LogP contribution is -2.46. The van der Waals surface area contributed by atoms with Gasteiger partial charge in [0, 0.05) is 12.6 Å². The fourth-order valence-electron chi connectivity index (χ4n) is 3.43. The second-order valence-electron chi connectivity index (χ2n) is 6.52. The van der Waals surface area contributed by atoms with Gasteiger partial charge in [0.2, 0.25) is 0 Å². The van der Waals surface area contributed by atoms with Crippen LogP contribution in [0.25, 0.3) is 0 Å². The number of rotatable bonds is 6. The summed E-state index contributed by atoms with van der Waals surface area (Å²) in [5.74, 6) is 2.49. The van der Waals surface area contributed by atoms with Crippen LogP contribution in [0, 0.1) is 0 Å². The standard InChI is InChI=1S/C19H30N4O2.HI/c1-3-20-19(21-12-15-8-7-11-23(15)4-2)22-13-16-14-24-17-9-5-6-10-18(17)25-16;/h5-6,9-10,15-16H,3-4,7-8,11-14H2,1-2H3,(H2,20,21,22);1H. The Morgan fingerprint density at radius 1 is 1.23 bits per heavy atom. The lowest BCUT2D eigenvalue weighted by molar-refractivity contribution is 0.0936. The molecule has 26 heavy (non-hydrogen) atoms. The number of halogens is 1. The number of likely N-dealkylation sites (N-methyl/N-ethyl adjacent to an activating group) is 1. The molecule has 1 fully saturated rings. The van der Waals surface area contributed by atoms with Crippen LogP contribution in [0.5, 0.6) is 11.5 Å². The van der Waals surface area contributed by atoms with Gasteiger partial charge >= 0.3 is 0 Å². The molecule has 0 aromatic heterocycles. The topological polar surface area (TPSA) is 58.1 Å². The number of para-hydroxylation sites is 2. The fraction of sp³-hybridized carbons (Fsp3) is 0.632. The summed E-state index contributed by atoms with van der Waals surface area (Å²) in [5.41, 5.74) is 0. The summed E-state index contributed by atoms with van der Waals surface area (Å²) in [4.78, 5) is 7.29. The van der Waals surface area contributed by atoms with Crippen LogP contribution in [0.3, 0.4) is 0 Å². The van der Waals surface area contributed by atoms with Gasteiger partial charge in [-0.25, -0.2) is 0 Å². The second kappa shape index (κ2) is 10.8. The summed E-state index contributed by atoms with van der Waals surface area (Å²) < 4.78 is 11.8. The number of hydrogen-bond donors (Lipinski definition) is 2. The van der Waals surface area contributed by atoms with E-state index in [1.165, 1.54) is 19.4 Å². The first-order valence-electron chi connectivity index (χ1n) is 9.44. The van der Waals surface area contributed by atoms with Crippen LogP contribution in [-0.4, -0.2) is 62.3 Å². The van der Waals surface area contributed by atoms with Gasteiger partial charge in [0.1, 0.15) is 12.7 Å². The number of likely N-dealkylation sites (tertiary alicyclic amines) is 1. The van der Waals surface area contributed by atoms with E-state index in [2.05, 4.69) is 29.4 Å². The van der Waals surface area contributed by atoms with Gasteiger partial charge in [-0.3, -0.25) is 9.89 Å². The molecular formula is C19H31IN4O2. The number of ether oxygens (including phenoxy) is 2. The number of benzene rings is 1. The van der Waals surface area contributed by atoms with E-state index in [1.54, 1.807) is 0 Å². The molecule has 0 bridgehead atoms. The van der Waals surface area contributed by atoms with Gasteiger partial charge in [-0.15, -0.1) is 24.0 Å². The molecule has 1 saturated heterocycles. The Labute approximate surface area is 173 Å². The molecule has 0 spiro atoms. The molecule has 0 aliphatic carbocycles. The molecule has 0 saturated carbocycles. The Bertz CT molecular complexity index is 584. The minimum Gasteiger partial charge on any atom is -0.486 e. The Kier molecular flexibility index (Phi) is 8.77. The van der Waals surface area contributed by atoms with E-state index in [0.717, 1.165) is 37.1 Å². The molecule has 2 N–H and O–H groups in total. The van der Waals surface area contributed by atoms with Crippen LogP contribution in [-0.2, 0) is 0 Å². The highest BCUT2D eigenvalue weighted by Crippen LogP contribution is 2.30. The Morgan fingerprint density at radius 3 is 2.81 bits per heavy atom. The van der Waals surface area contributed by atoms with Gasteiger partial charge in [0.15, 0.2) is 17.5 Å². The highest BCUT2D eigenvalue weighted by atomic mass is 127. The average molecular weight is 474 g/mol. The first-order chi connectivity index (χ1) is 12.3. The van der Waals surface area contributed by atoms with E-state index < -0.39 is 0 Å². The molecular weight excluding hydrogens is 443 g/mol. The van der Waals surface area contributed by atoms with Crippen molar-refractivity contribution in [1.82, 2.24) is 15.5 Å². The summed E-state index contributed by atoms with van der Waals surface area (Å²) in [7, 11) is 0. The van der Waals surface area contributed by atoms with Gasteiger partial charge in [0.25, 0.3) is 0 Å². The predicted octanol–water partition coefficient (Wildman–Crippen LogP) is 2.48. The monoisotopic (exact) mass is 474 g/mol. The minimum absolute atomic E-state index is 0. The summed E-state index contributed by atoms with van der Waals surface area (Å²) in [6, 6.07) is 8.37. The van der Waals surface area contributed by atoms with E-state index in [1.807, 2.05) is 24.3 Å². The molecule has 1 aromatic rings. The van der Waals surface area contributed by atoms with Crippen molar-refractivity contribution >= 4 is 29.9 Å². The third-order valence-electron chi connectivity index (χ3n) is 4.77. The van der Waals surface area contributed by atoms with Crippen molar-refractivity contribution in [2.45, 2.75) is 38.8 Å². The van der Waals surface area contributed by atoms with E-state index in [9.17, 15) is 0 Å². The van der Waals surface area contributed by atoms with Crippen LogP contribution in [0.1, 0.15) is 26.7 Å². The van der Waals surface area contributed by atoms with Gasteiger partial charge in [-0.05, 0) is 45.0 Å². The number of fused-ring (bicyclic) bond motifs is 1. The molecule has 2 aliphatic rings. The largest absolute Gasteiger partial charge is 0.486 e. The van der Waals surface area contributed by atoms with Crippen LogP contribution in [0.4, 0.5) is 0 Å². The van der Waals surface area contributed by atoms with Crippen LogP contribution >= 0.6 is 24.0 Å². The zero-order valence-corrected chi connectivity index (χ0v) is 18.1. The van der Waals surface area contributed by atoms with Crippen LogP contribution in [0.2, 0.25) is 0 Å². The van der Waals surface area contributed by atoms with Gasteiger partial charge in [0.05, 0.1) is 13.1 Å². The maximum absolute atomic E-state index is 5.99. The highest BCUT2D eigenvalue weighted by Gasteiger charge is 2.23. The normalized spacial score (nSPS) is 22.6. The molecule has 1 aromatic carbocycles. The molecule has 2 atom stereocenters. The molecule has 2 unspecified atom stereocenters. The number of nitrogens with zero attached hydrogens (tertiary/aromatic N) is 2. The summed E-state index contributed by atoms with van der Waals surface area (Å²) in [5, 5.41) is 6.72. The third kappa shape index (κ3) is 5.64. The van der Waals surface area contributed by atoms with Gasteiger partial charge < -0.3 is 20.1 Å². The Hall–Kier alpha value is -1.22. The van der Waals surface area contributed by atoms with Crippen molar-refractivity contribution in [2.75, 3.05) is 39.3 Å². The Balaban J connectivity index is 0.00000243. The maximum Gasteiger partial charge on any atom is 0.191 e. The molecule has 2 heterocycles. The number of aliphatic imine (C=N–C) groups is 1. The zero-order valence-electron chi connectivity index (χ0n) is 15.7. The quantitative estimate of drug-likeness (QED) is 0.377. The summed E-state index contributed by atoms with van der Waals surface area (Å²) in [6.07, 6.45) is 2.51. The number of hydrogen-bond acceptors (Lipinski definition) is 4. The highest BCUT2D eigenvalue weighted by molar-refractivity contribution is 14.0. The van der Waals surface area contributed by atoms with Crippen LogP contribution < -0.4 is 20.1 Å². The average Bonchev–Trinajstić information content (AvgIpc) is 3.11.